The Labute approximate surface area is 115 Å². The molecule has 5 heteroatoms. The maximum absolute atomic E-state index is 6.12. The lowest BCUT2D eigenvalue weighted by molar-refractivity contribution is 0.00578. The predicted molar refractivity (Wildman–Crippen MR) is 77.2 cm³/mol. The van der Waals surface area contributed by atoms with Gasteiger partial charge >= 0.3 is 7.12 Å². The first-order valence-corrected chi connectivity index (χ1v) is 6.64. The Kier molecular flexibility index (Phi) is 3.28. The summed E-state index contributed by atoms with van der Waals surface area (Å²) in [6.07, 6.45) is 1.75. The number of nitrogens with two attached hydrogens (primary N) is 1. The maximum Gasteiger partial charge on any atom is 0.514 e. The van der Waals surface area contributed by atoms with Crippen LogP contribution >= 0.6 is 0 Å². The van der Waals surface area contributed by atoms with Crippen LogP contribution in [0.1, 0.15) is 47.1 Å². The van der Waals surface area contributed by atoms with Crippen LogP contribution < -0.4 is 11.3 Å². The third kappa shape index (κ3) is 2.68. The third-order valence-electron chi connectivity index (χ3n) is 4.02. The van der Waals surface area contributed by atoms with E-state index in [1.165, 1.54) is 0 Å². The molecule has 0 spiro atoms. The molecular weight excluding hydrogens is 239 g/mol. The van der Waals surface area contributed by atoms with Crippen LogP contribution in [-0.2, 0) is 14.8 Å². The van der Waals surface area contributed by atoms with E-state index in [1.807, 2.05) is 53.7 Å². The van der Waals surface area contributed by atoms with Crippen molar-refractivity contribution in [2.24, 2.45) is 5.73 Å². The van der Waals surface area contributed by atoms with E-state index in [0.29, 0.717) is 0 Å². The van der Waals surface area contributed by atoms with Crippen molar-refractivity contribution >= 4 is 12.7 Å². The Hall–Kier alpha value is -0.905. The first-order chi connectivity index (χ1) is 8.53. The summed E-state index contributed by atoms with van der Waals surface area (Å²) in [7, 11) is -0.438. The lowest BCUT2D eigenvalue weighted by Crippen LogP contribution is -2.41. The average molecular weight is 262 g/mol. The molecule has 1 fully saturated rings. The van der Waals surface area contributed by atoms with Crippen molar-refractivity contribution in [3.05, 3.63) is 23.9 Å². The van der Waals surface area contributed by atoms with Crippen molar-refractivity contribution in [3.8, 4) is 0 Å². The Bertz CT molecular complexity index is 465. The molecule has 2 heterocycles. The van der Waals surface area contributed by atoms with Crippen LogP contribution in [0.5, 0.6) is 0 Å². The second-order valence-corrected chi connectivity index (χ2v) is 6.78. The van der Waals surface area contributed by atoms with Gasteiger partial charge < -0.3 is 15.0 Å². The van der Waals surface area contributed by atoms with Crippen molar-refractivity contribution < 1.29 is 9.31 Å². The van der Waals surface area contributed by atoms with E-state index in [2.05, 4.69) is 4.98 Å². The van der Waals surface area contributed by atoms with Gasteiger partial charge in [0.15, 0.2) is 0 Å². The lowest BCUT2D eigenvalue weighted by atomic mass is 9.81. The van der Waals surface area contributed by atoms with Gasteiger partial charge in [0.1, 0.15) is 0 Å². The zero-order chi connectivity index (χ0) is 14.5. The van der Waals surface area contributed by atoms with Gasteiger partial charge in [-0.05, 0) is 59.2 Å². The monoisotopic (exact) mass is 262 g/mol. The van der Waals surface area contributed by atoms with Gasteiger partial charge in [0.2, 0.25) is 0 Å². The molecular formula is C14H23BN2O2. The summed E-state index contributed by atoms with van der Waals surface area (Å²) in [4.78, 5) is 4.36. The van der Waals surface area contributed by atoms with Crippen LogP contribution in [0.15, 0.2) is 18.3 Å². The fraction of sp³-hybridized carbons (Fsp3) is 0.643. The van der Waals surface area contributed by atoms with Crippen molar-refractivity contribution in [2.45, 2.75) is 58.3 Å². The first kappa shape index (κ1) is 14.5. The molecule has 0 saturated carbocycles. The normalized spacial score (nSPS) is 21.7. The molecule has 2 N–H and O–H groups in total. The van der Waals surface area contributed by atoms with Crippen LogP contribution in [-0.4, -0.2) is 23.3 Å². The second-order valence-electron chi connectivity index (χ2n) is 6.78. The zero-order valence-corrected chi connectivity index (χ0v) is 12.7. The smallest absolute Gasteiger partial charge is 0.398 e. The molecule has 0 bridgehead atoms. The molecule has 4 nitrogen and oxygen atoms in total. The minimum atomic E-state index is -0.438. The second kappa shape index (κ2) is 4.30. The van der Waals surface area contributed by atoms with Gasteiger partial charge in [-0.1, -0.05) is 0 Å². The lowest BCUT2D eigenvalue weighted by Gasteiger charge is -2.32. The average Bonchev–Trinajstić information content (AvgIpc) is 2.47. The zero-order valence-electron chi connectivity index (χ0n) is 12.7. The Morgan fingerprint density at radius 1 is 1.16 bits per heavy atom. The van der Waals surface area contributed by atoms with E-state index in [0.717, 1.165) is 11.2 Å². The first-order valence-electron chi connectivity index (χ1n) is 6.64. The standard InChI is InChI=1S/C14H23BN2O2/c1-12(2,16)10-7-8-17-11(9-10)15-18-13(3,4)14(5,6)19-15/h7-9H,16H2,1-6H3. The highest BCUT2D eigenvalue weighted by Crippen LogP contribution is 2.36. The summed E-state index contributed by atoms with van der Waals surface area (Å²) in [5, 5.41) is 0. The van der Waals surface area contributed by atoms with E-state index < -0.39 is 12.7 Å². The van der Waals surface area contributed by atoms with Crippen molar-refractivity contribution in [3.63, 3.8) is 0 Å². The summed E-state index contributed by atoms with van der Waals surface area (Å²) in [6, 6.07) is 3.89. The summed E-state index contributed by atoms with van der Waals surface area (Å²) in [5.41, 5.74) is 6.81. The van der Waals surface area contributed by atoms with E-state index in [-0.39, 0.29) is 11.2 Å². The SMILES string of the molecule is CC(C)(N)c1ccnc(B2OC(C)(C)C(C)(C)O2)c1. The van der Waals surface area contributed by atoms with Gasteiger partial charge in [0, 0.05) is 11.7 Å². The van der Waals surface area contributed by atoms with Gasteiger partial charge in [-0.25, -0.2) is 0 Å². The summed E-state index contributed by atoms with van der Waals surface area (Å²) in [6.45, 7) is 12.1. The molecule has 1 aliphatic rings. The Morgan fingerprint density at radius 2 is 1.68 bits per heavy atom. The van der Waals surface area contributed by atoms with E-state index >= 15 is 0 Å². The van der Waals surface area contributed by atoms with Crippen LogP contribution in [0.3, 0.4) is 0 Å². The van der Waals surface area contributed by atoms with Gasteiger partial charge in [0.25, 0.3) is 0 Å². The molecule has 0 radical (unpaired) electrons. The molecule has 0 aromatic carbocycles. The molecule has 1 aromatic heterocycles. The predicted octanol–water partition coefficient (Wildman–Crippen LogP) is 1.57. The van der Waals surface area contributed by atoms with E-state index in [1.54, 1.807) is 6.20 Å². The largest absolute Gasteiger partial charge is 0.514 e. The molecule has 104 valence electrons. The Morgan fingerprint density at radius 3 is 2.16 bits per heavy atom. The number of hydrogen-bond donors (Lipinski definition) is 1. The molecule has 1 saturated heterocycles. The minimum Gasteiger partial charge on any atom is -0.398 e. The van der Waals surface area contributed by atoms with Crippen LogP contribution in [0.4, 0.5) is 0 Å². The van der Waals surface area contributed by atoms with Crippen molar-refractivity contribution in [2.75, 3.05) is 0 Å². The highest BCUT2D eigenvalue weighted by atomic mass is 16.7. The Balaban J connectivity index is 2.30. The van der Waals surface area contributed by atoms with Gasteiger partial charge in [0.05, 0.1) is 16.8 Å². The fourth-order valence-electron chi connectivity index (χ4n) is 1.94. The molecule has 2 rings (SSSR count). The van der Waals surface area contributed by atoms with Gasteiger partial charge in [-0.15, -0.1) is 0 Å². The molecule has 1 aromatic rings. The topological polar surface area (TPSA) is 57.4 Å². The molecule has 19 heavy (non-hydrogen) atoms. The minimum absolute atomic E-state index is 0.354. The summed E-state index contributed by atoms with van der Waals surface area (Å²) in [5.74, 6) is 0. The van der Waals surface area contributed by atoms with Crippen molar-refractivity contribution in [1.29, 1.82) is 0 Å². The summed E-state index contributed by atoms with van der Waals surface area (Å²) < 4.78 is 12.0. The van der Waals surface area contributed by atoms with Gasteiger partial charge in [-0.3, -0.25) is 4.98 Å². The molecule has 1 aliphatic heterocycles. The van der Waals surface area contributed by atoms with Gasteiger partial charge in [-0.2, -0.15) is 0 Å². The molecule has 0 aliphatic carbocycles. The molecule has 0 unspecified atom stereocenters. The number of aromatic nitrogens is 1. The quantitative estimate of drug-likeness (QED) is 0.822. The molecule has 0 atom stereocenters. The molecule has 0 amide bonds. The highest BCUT2D eigenvalue weighted by molar-refractivity contribution is 6.61. The number of rotatable bonds is 2. The number of pyridine rings is 1. The fourth-order valence-corrected chi connectivity index (χ4v) is 1.94. The maximum atomic E-state index is 6.12. The highest BCUT2D eigenvalue weighted by Gasteiger charge is 2.52. The summed E-state index contributed by atoms with van der Waals surface area (Å²) >= 11 is 0. The van der Waals surface area contributed by atoms with E-state index in [4.69, 9.17) is 15.0 Å². The van der Waals surface area contributed by atoms with Crippen LogP contribution in [0, 0.1) is 0 Å². The third-order valence-corrected chi connectivity index (χ3v) is 4.02. The van der Waals surface area contributed by atoms with Crippen LogP contribution in [0.25, 0.3) is 0 Å². The van der Waals surface area contributed by atoms with Crippen molar-refractivity contribution in [1.82, 2.24) is 4.98 Å². The van der Waals surface area contributed by atoms with Crippen LogP contribution in [0.2, 0.25) is 0 Å². The number of hydrogen-bond acceptors (Lipinski definition) is 4. The number of nitrogens with zero attached hydrogens (tertiary/aromatic N) is 1. The van der Waals surface area contributed by atoms with E-state index in [9.17, 15) is 0 Å².